The van der Waals surface area contributed by atoms with Crippen molar-refractivity contribution in [3.05, 3.63) is 65.2 Å². The summed E-state index contributed by atoms with van der Waals surface area (Å²) in [6, 6.07) is 15.5. The number of aliphatic hydroxyl groups is 1. The number of nitrogens with one attached hydrogen (secondary N) is 1. The summed E-state index contributed by atoms with van der Waals surface area (Å²) in [5.41, 5.74) is 3.61. The van der Waals surface area contributed by atoms with Crippen LogP contribution in [0.2, 0.25) is 0 Å². The molecule has 2 heterocycles. The van der Waals surface area contributed by atoms with Crippen LogP contribution >= 0.6 is 0 Å². The largest absolute Gasteiger partial charge is 0.392 e. The summed E-state index contributed by atoms with van der Waals surface area (Å²) in [5.74, 6) is -0.102. The molecule has 2 saturated heterocycles. The second kappa shape index (κ2) is 10.3. The Balaban J connectivity index is 1.52. The minimum Gasteiger partial charge on any atom is -0.392 e. The van der Waals surface area contributed by atoms with Gasteiger partial charge in [-0.3, -0.25) is 9.69 Å². The van der Waals surface area contributed by atoms with Crippen molar-refractivity contribution >= 4 is 11.6 Å². The third-order valence-corrected chi connectivity index (χ3v) is 5.68. The number of carbonyl (C=O) groups is 1. The molecule has 166 valence electrons. The molecule has 2 aromatic rings. The maximum absolute atomic E-state index is 11.3. The second-order valence-electron chi connectivity index (χ2n) is 8.07. The first-order valence-corrected chi connectivity index (χ1v) is 10.8. The van der Waals surface area contributed by atoms with E-state index in [-0.39, 0.29) is 24.7 Å². The number of ether oxygens (including phenoxy) is 3. The molecule has 0 saturated carbocycles. The lowest BCUT2D eigenvalue weighted by Gasteiger charge is -2.39. The second-order valence-corrected chi connectivity index (χ2v) is 8.07. The first kappa shape index (κ1) is 21.9. The molecule has 2 aliphatic rings. The highest BCUT2D eigenvalue weighted by Crippen LogP contribution is 2.38. The molecular formula is C24H30N2O5. The molecule has 0 spiro atoms. The molecule has 0 bridgehead atoms. The van der Waals surface area contributed by atoms with Gasteiger partial charge in [0.05, 0.1) is 32.0 Å². The Bertz CT molecular complexity index is 849. The molecule has 0 unspecified atom stereocenters. The number of amides is 1. The summed E-state index contributed by atoms with van der Waals surface area (Å²) >= 11 is 0. The van der Waals surface area contributed by atoms with Crippen LogP contribution in [-0.4, -0.2) is 54.9 Å². The highest BCUT2D eigenvalue weighted by Gasteiger charge is 2.33. The average Bonchev–Trinajstić information content (AvgIpc) is 2.80. The smallest absolute Gasteiger partial charge is 0.221 e. The van der Waals surface area contributed by atoms with Crippen molar-refractivity contribution < 1.29 is 24.1 Å². The van der Waals surface area contributed by atoms with Crippen molar-refractivity contribution in [2.24, 2.45) is 0 Å². The number of aliphatic hydroxyl groups excluding tert-OH is 1. The minimum absolute atomic E-state index is 0.0226. The van der Waals surface area contributed by atoms with Gasteiger partial charge in [-0.1, -0.05) is 36.4 Å². The Kier molecular flexibility index (Phi) is 7.32. The van der Waals surface area contributed by atoms with Crippen molar-refractivity contribution in [3.8, 4) is 0 Å². The monoisotopic (exact) mass is 426 g/mol. The number of anilines is 1. The first-order chi connectivity index (χ1) is 15.1. The number of nitrogens with zero attached hydrogens (tertiary/aromatic N) is 1. The molecule has 7 heteroatoms. The van der Waals surface area contributed by atoms with Gasteiger partial charge in [0.25, 0.3) is 0 Å². The molecule has 2 aliphatic heterocycles. The summed E-state index contributed by atoms with van der Waals surface area (Å²) in [6.07, 6.45) is 0.187. The van der Waals surface area contributed by atoms with Crippen LogP contribution in [0.4, 0.5) is 5.69 Å². The predicted octanol–water partition coefficient (Wildman–Crippen LogP) is 3.01. The topological polar surface area (TPSA) is 80.3 Å². The Labute approximate surface area is 182 Å². The molecule has 1 amide bonds. The number of hydrogen-bond acceptors (Lipinski definition) is 6. The molecule has 31 heavy (non-hydrogen) atoms. The van der Waals surface area contributed by atoms with Crippen molar-refractivity contribution in [2.75, 3.05) is 38.2 Å². The van der Waals surface area contributed by atoms with E-state index in [1.54, 1.807) is 0 Å². The summed E-state index contributed by atoms with van der Waals surface area (Å²) in [6.45, 7) is 5.67. The van der Waals surface area contributed by atoms with Crippen LogP contribution in [0.15, 0.2) is 48.5 Å². The van der Waals surface area contributed by atoms with Gasteiger partial charge >= 0.3 is 0 Å². The van der Waals surface area contributed by atoms with E-state index in [1.165, 1.54) is 6.92 Å². The van der Waals surface area contributed by atoms with Gasteiger partial charge in [0.2, 0.25) is 5.91 Å². The van der Waals surface area contributed by atoms with Crippen LogP contribution < -0.4 is 5.32 Å². The number of morpholine rings is 1. The Hall–Kier alpha value is -2.29. The molecule has 4 rings (SSSR count). The summed E-state index contributed by atoms with van der Waals surface area (Å²) in [4.78, 5) is 13.7. The van der Waals surface area contributed by atoms with E-state index >= 15 is 0 Å². The fourth-order valence-electron chi connectivity index (χ4n) is 4.03. The molecule has 0 aromatic heterocycles. The predicted molar refractivity (Wildman–Crippen MR) is 116 cm³/mol. The molecule has 0 radical (unpaired) electrons. The van der Waals surface area contributed by atoms with E-state index in [1.807, 2.05) is 48.5 Å². The fourth-order valence-corrected chi connectivity index (χ4v) is 4.03. The Morgan fingerprint density at radius 1 is 1.03 bits per heavy atom. The SMILES string of the molecule is CC(=O)Nc1ccc([C@H]2O[C@@H](CN3CCOCC3)C[C@@H](c3ccc(CO)cc3)O2)cc1. The zero-order valence-corrected chi connectivity index (χ0v) is 17.8. The number of rotatable bonds is 6. The lowest BCUT2D eigenvalue weighted by atomic mass is 9.99. The van der Waals surface area contributed by atoms with Crippen molar-refractivity contribution in [2.45, 2.75) is 38.4 Å². The van der Waals surface area contributed by atoms with E-state index in [4.69, 9.17) is 14.2 Å². The van der Waals surface area contributed by atoms with E-state index < -0.39 is 6.29 Å². The van der Waals surface area contributed by atoms with Crippen LogP contribution in [0, 0.1) is 0 Å². The maximum atomic E-state index is 11.3. The van der Waals surface area contributed by atoms with Crippen molar-refractivity contribution in [1.82, 2.24) is 4.90 Å². The molecule has 2 N–H and O–H groups in total. The fraction of sp³-hybridized carbons (Fsp3) is 0.458. The zero-order valence-electron chi connectivity index (χ0n) is 17.8. The zero-order chi connectivity index (χ0) is 21.6. The first-order valence-electron chi connectivity index (χ1n) is 10.8. The molecule has 0 aliphatic carbocycles. The number of hydrogen-bond donors (Lipinski definition) is 2. The quantitative estimate of drug-likeness (QED) is 0.739. The van der Waals surface area contributed by atoms with E-state index in [0.29, 0.717) is 0 Å². The van der Waals surface area contributed by atoms with E-state index in [9.17, 15) is 9.90 Å². The van der Waals surface area contributed by atoms with Gasteiger partial charge in [-0.05, 0) is 23.3 Å². The van der Waals surface area contributed by atoms with Crippen LogP contribution in [0.1, 0.15) is 42.4 Å². The maximum Gasteiger partial charge on any atom is 0.221 e. The van der Waals surface area contributed by atoms with Gasteiger partial charge in [0.15, 0.2) is 6.29 Å². The molecule has 2 fully saturated rings. The third-order valence-electron chi connectivity index (χ3n) is 5.68. The molecule has 2 aromatic carbocycles. The highest BCUT2D eigenvalue weighted by atomic mass is 16.7. The normalized spacial score (nSPS) is 24.6. The van der Waals surface area contributed by atoms with Crippen molar-refractivity contribution in [3.63, 3.8) is 0 Å². The Morgan fingerprint density at radius 2 is 1.71 bits per heavy atom. The van der Waals surface area contributed by atoms with Gasteiger partial charge in [-0.15, -0.1) is 0 Å². The average molecular weight is 427 g/mol. The van der Waals surface area contributed by atoms with E-state index in [2.05, 4.69) is 10.2 Å². The Morgan fingerprint density at radius 3 is 2.35 bits per heavy atom. The van der Waals surface area contributed by atoms with Gasteiger partial charge in [0.1, 0.15) is 0 Å². The minimum atomic E-state index is -0.492. The third kappa shape index (κ3) is 5.90. The van der Waals surface area contributed by atoms with Gasteiger partial charge in [0, 0.05) is 44.2 Å². The highest BCUT2D eigenvalue weighted by molar-refractivity contribution is 5.88. The number of carbonyl (C=O) groups excluding carboxylic acids is 1. The van der Waals surface area contributed by atoms with Gasteiger partial charge in [-0.25, -0.2) is 0 Å². The van der Waals surface area contributed by atoms with Crippen LogP contribution in [0.25, 0.3) is 0 Å². The van der Waals surface area contributed by atoms with Gasteiger partial charge in [-0.2, -0.15) is 0 Å². The lowest BCUT2D eigenvalue weighted by molar-refractivity contribution is -0.253. The van der Waals surface area contributed by atoms with Crippen LogP contribution in [-0.2, 0) is 25.6 Å². The van der Waals surface area contributed by atoms with Crippen molar-refractivity contribution in [1.29, 1.82) is 0 Å². The van der Waals surface area contributed by atoms with E-state index in [0.717, 1.165) is 61.6 Å². The van der Waals surface area contributed by atoms with Gasteiger partial charge < -0.3 is 24.6 Å². The summed E-state index contributed by atoms with van der Waals surface area (Å²) in [5, 5.41) is 12.1. The molecular weight excluding hydrogens is 396 g/mol. The molecule has 7 nitrogen and oxygen atoms in total. The summed E-state index contributed by atoms with van der Waals surface area (Å²) < 4.78 is 18.2. The van der Waals surface area contributed by atoms with Crippen LogP contribution in [0.3, 0.4) is 0 Å². The standard InChI is InChI=1S/C24H30N2O5/c1-17(28)25-21-8-6-20(7-9-21)24-30-22(15-26-10-12-29-13-11-26)14-23(31-24)19-4-2-18(16-27)3-5-19/h2-9,22-24,27H,10-16H2,1H3,(H,25,28)/t22-,23+,24+/m1/s1. The lowest BCUT2D eigenvalue weighted by Crippen LogP contribution is -2.44. The van der Waals surface area contributed by atoms with Crippen LogP contribution in [0.5, 0.6) is 0 Å². The number of benzene rings is 2. The summed E-state index contributed by atoms with van der Waals surface area (Å²) in [7, 11) is 0. The molecule has 3 atom stereocenters.